The first kappa shape index (κ1) is 11.6. The maximum absolute atomic E-state index is 5.56. The van der Waals surface area contributed by atoms with E-state index in [0.29, 0.717) is 0 Å². The molecule has 2 nitrogen and oxygen atoms in total. The lowest BCUT2D eigenvalue weighted by Gasteiger charge is -2.28. The molecule has 16 heavy (non-hydrogen) atoms. The molecule has 1 heterocycles. The van der Waals surface area contributed by atoms with Crippen LogP contribution >= 0.6 is 0 Å². The molecular weight excluding hydrogens is 196 g/mol. The highest BCUT2D eigenvalue weighted by atomic mass is 14.6. The lowest BCUT2D eigenvalue weighted by Crippen LogP contribution is -2.14. The maximum Gasteiger partial charge on any atom is 0.0270 e. The Kier molecular flexibility index (Phi) is 4.34. The Hall–Kier alpha value is -0.890. The van der Waals surface area contributed by atoms with Crippen molar-refractivity contribution in [3.05, 3.63) is 30.1 Å². The molecule has 0 radical (unpaired) electrons. The summed E-state index contributed by atoms with van der Waals surface area (Å²) < 4.78 is 0. The first-order chi connectivity index (χ1) is 7.90. The summed E-state index contributed by atoms with van der Waals surface area (Å²) >= 11 is 0. The van der Waals surface area contributed by atoms with Crippen molar-refractivity contribution in [2.45, 2.75) is 44.4 Å². The molecule has 1 aromatic rings. The fraction of sp³-hybridized carbons (Fsp3) is 0.643. The van der Waals surface area contributed by atoms with Crippen molar-refractivity contribution < 1.29 is 0 Å². The van der Waals surface area contributed by atoms with Gasteiger partial charge in [-0.2, -0.15) is 0 Å². The molecule has 1 aromatic heterocycles. The van der Waals surface area contributed by atoms with E-state index >= 15 is 0 Å². The molecule has 0 aromatic carbocycles. The van der Waals surface area contributed by atoms with E-state index in [0.717, 1.165) is 18.4 Å². The zero-order valence-electron chi connectivity index (χ0n) is 9.94. The second-order valence-corrected chi connectivity index (χ2v) is 4.93. The molecule has 1 aliphatic rings. The number of aromatic nitrogens is 1. The molecule has 2 rings (SSSR count). The lowest BCUT2D eigenvalue weighted by atomic mass is 9.77. The highest BCUT2D eigenvalue weighted by Gasteiger charge is 2.21. The number of hydrogen-bond donors (Lipinski definition) is 1. The van der Waals surface area contributed by atoms with Crippen molar-refractivity contribution in [3.8, 4) is 0 Å². The van der Waals surface area contributed by atoms with Gasteiger partial charge in [-0.25, -0.2) is 0 Å². The molecule has 0 atom stereocenters. The van der Waals surface area contributed by atoms with Crippen LogP contribution in [0.4, 0.5) is 0 Å². The van der Waals surface area contributed by atoms with Gasteiger partial charge in [0.2, 0.25) is 0 Å². The Morgan fingerprint density at radius 3 is 2.44 bits per heavy atom. The summed E-state index contributed by atoms with van der Waals surface area (Å²) in [7, 11) is 0. The van der Waals surface area contributed by atoms with Gasteiger partial charge in [-0.3, -0.25) is 4.98 Å². The third-order valence-electron chi connectivity index (χ3n) is 3.84. The van der Waals surface area contributed by atoms with Crippen LogP contribution < -0.4 is 5.73 Å². The number of nitrogens with zero attached hydrogens (tertiary/aromatic N) is 1. The van der Waals surface area contributed by atoms with Crippen molar-refractivity contribution in [1.82, 2.24) is 4.98 Å². The van der Waals surface area contributed by atoms with Crippen LogP contribution in [0.2, 0.25) is 0 Å². The SMILES string of the molecule is NCCCC1CCC(c2ccncc2)CC1. The van der Waals surface area contributed by atoms with Gasteiger partial charge in [0.1, 0.15) is 0 Å². The Morgan fingerprint density at radius 2 is 1.81 bits per heavy atom. The van der Waals surface area contributed by atoms with Crippen molar-refractivity contribution >= 4 is 0 Å². The smallest absolute Gasteiger partial charge is 0.0270 e. The number of nitrogens with two attached hydrogens (primary N) is 1. The predicted molar refractivity (Wildman–Crippen MR) is 67.2 cm³/mol. The van der Waals surface area contributed by atoms with E-state index < -0.39 is 0 Å². The largest absolute Gasteiger partial charge is 0.330 e. The van der Waals surface area contributed by atoms with E-state index in [9.17, 15) is 0 Å². The zero-order chi connectivity index (χ0) is 11.2. The first-order valence-corrected chi connectivity index (χ1v) is 6.50. The van der Waals surface area contributed by atoms with Gasteiger partial charge in [-0.1, -0.05) is 0 Å². The summed E-state index contributed by atoms with van der Waals surface area (Å²) in [5.74, 6) is 1.71. The molecule has 2 heteroatoms. The minimum atomic E-state index is 0.775. The van der Waals surface area contributed by atoms with Crippen molar-refractivity contribution in [2.75, 3.05) is 6.54 Å². The fourth-order valence-corrected chi connectivity index (χ4v) is 2.83. The minimum Gasteiger partial charge on any atom is -0.330 e. The summed E-state index contributed by atoms with van der Waals surface area (Å²) in [4.78, 5) is 4.08. The molecule has 1 fully saturated rings. The molecule has 1 aliphatic carbocycles. The zero-order valence-corrected chi connectivity index (χ0v) is 9.94. The van der Waals surface area contributed by atoms with Crippen molar-refractivity contribution in [1.29, 1.82) is 0 Å². The third kappa shape index (κ3) is 3.05. The molecule has 0 aliphatic heterocycles. The van der Waals surface area contributed by atoms with Crippen molar-refractivity contribution in [2.24, 2.45) is 11.7 Å². The second kappa shape index (κ2) is 6.00. The molecule has 0 spiro atoms. The highest BCUT2D eigenvalue weighted by molar-refractivity contribution is 5.16. The van der Waals surface area contributed by atoms with E-state index in [4.69, 9.17) is 5.73 Å². The number of rotatable bonds is 4. The molecule has 0 saturated heterocycles. The summed E-state index contributed by atoms with van der Waals surface area (Å²) in [6.45, 7) is 0.851. The fourth-order valence-electron chi connectivity index (χ4n) is 2.83. The van der Waals surface area contributed by atoms with Gasteiger partial charge < -0.3 is 5.73 Å². The maximum atomic E-state index is 5.56. The monoisotopic (exact) mass is 218 g/mol. The standard InChI is InChI=1S/C14H22N2/c15-9-1-2-12-3-5-13(6-4-12)14-7-10-16-11-8-14/h7-8,10-13H,1-6,9,15H2. The predicted octanol–water partition coefficient (Wildman–Crippen LogP) is 3.09. The van der Waals surface area contributed by atoms with E-state index in [1.54, 1.807) is 0 Å². The van der Waals surface area contributed by atoms with E-state index in [-0.39, 0.29) is 0 Å². The topological polar surface area (TPSA) is 38.9 Å². The molecule has 0 bridgehead atoms. The van der Waals surface area contributed by atoms with E-state index in [1.165, 1.54) is 44.1 Å². The van der Waals surface area contributed by atoms with Crippen LogP contribution in [-0.4, -0.2) is 11.5 Å². The highest BCUT2D eigenvalue weighted by Crippen LogP contribution is 2.37. The van der Waals surface area contributed by atoms with Gasteiger partial charge in [-0.05, 0) is 74.6 Å². The third-order valence-corrected chi connectivity index (χ3v) is 3.84. The first-order valence-electron chi connectivity index (χ1n) is 6.50. The van der Waals surface area contributed by atoms with Crippen LogP contribution in [-0.2, 0) is 0 Å². The van der Waals surface area contributed by atoms with Crippen LogP contribution in [0.5, 0.6) is 0 Å². The molecular formula is C14H22N2. The summed E-state index contributed by atoms with van der Waals surface area (Å²) in [6.07, 6.45) is 11.8. The quantitative estimate of drug-likeness (QED) is 0.843. The second-order valence-electron chi connectivity index (χ2n) is 4.93. The van der Waals surface area contributed by atoms with Crippen LogP contribution in [0.3, 0.4) is 0 Å². The Bertz CT molecular complexity index is 289. The molecule has 88 valence electrons. The van der Waals surface area contributed by atoms with Gasteiger partial charge in [0, 0.05) is 12.4 Å². The Morgan fingerprint density at radius 1 is 1.12 bits per heavy atom. The van der Waals surface area contributed by atoms with Crippen molar-refractivity contribution in [3.63, 3.8) is 0 Å². The van der Waals surface area contributed by atoms with Gasteiger partial charge in [0.05, 0.1) is 0 Å². The normalized spacial score (nSPS) is 25.6. The average molecular weight is 218 g/mol. The van der Waals surface area contributed by atoms with Gasteiger partial charge in [-0.15, -0.1) is 0 Å². The Labute approximate surface area is 98.3 Å². The Balaban J connectivity index is 1.81. The van der Waals surface area contributed by atoms with Crippen LogP contribution in [0.15, 0.2) is 24.5 Å². The number of pyridine rings is 1. The summed E-state index contributed by atoms with van der Waals surface area (Å²) in [5.41, 5.74) is 7.04. The number of hydrogen-bond acceptors (Lipinski definition) is 2. The molecule has 0 amide bonds. The summed E-state index contributed by atoms with van der Waals surface area (Å²) in [6, 6.07) is 4.34. The van der Waals surface area contributed by atoms with Gasteiger partial charge in [0.15, 0.2) is 0 Å². The van der Waals surface area contributed by atoms with Crippen LogP contribution in [0, 0.1) is 5.92 Å². The minimum absolute atomic E-state index is 0.775. The van der Waals surface area contributed by atoms with E-state index in [2.05, 4.69) is 17.1 Å². The molecule has 1 saturated carbocycles. The van der Waals surface area contributed by atoms with Crippen LogP contribution in [0.1, 0.15) is 50.0 Å². The van der Waals surface area contributed by atoms with Gasteiger partial charge >= 0.3 is 0 Å². The van der Waals surface area contributed by atoms with Gasteiger partial charge in [0.25, 0.3) is 0 Å². The molecule has 2 N–H and O–H groups in total. The van der Waals surface area contributed by atoms with Crippen LogP contribution in [0.25, 0.3) is 0 Å². The summed E-state index contributed by atoms with van der Waals surface area (Å²) in [5, 5.41) is 0. The molecule has 0 unspecified atom stereocenters. The van der Waals surface area contributed by atoms with E-state index in [1.807, 2.05) is 12.4 Å². The average Bonchev–Trinajstić information content (AvgIpc) is 2.38. The lowest BCUT2D eigenvalue weighted by molar-refractivity contribution is 0.306.